The molecular weight excluding hydrogens is 214 g/mol. The van der Waals surface area contributed by atoms with Crippen LogP contribution in [0, 0.1) is 0 Å². The number of ether oxygens (including phenoxy) is 1. The number of hydrogen-bond acceptors (Lipinski definition) is 3. The zero-order valence-corrected chi connectivity index (χ0v) is 10.9. The molecule has 1 aliphatic rings. The molecule has 0 bridgehead atoms. The lowest BCUT2D eigenvalue weighted by Crippen LogP contribution is -2.26. The maximum atomic E-state index is 5.69. The summed E-state index contributed by atoms with van der Waals surface area (Å²) in [6.45, 7) is 6.92. The quantitative estimate of drug-likeness (QED) is 0.823. The summed E-state index contributed by atoms with van der Waals surface area (Å²) in [5, 5.41) is 7.94. The van der Waals surface area contributed by atoms with Gasteiger partial charge in [-0.3, -0.25) is 4.68 Å². The molecule has 1 aromatic rings. The van der Waals surface area contributed by atoms with Gasteiger partial charge in [0.05, 0.1) is 18.9 Å². The first kappa shape index (κ1) is 12.6. The molecule has 0 spiro atoms. The van der Waals surface area contributed by atoms with Crippen LogP contribution in [0.25, 0.3) is 0 Å². The van der Waals surface area contributed by atoms with E-state index in [1.807, 2.05) is 16.9 Å². The Morgan fingerprint density at radius 2 is 2.53 bits per heavy atom. The third kappa shape index (κ3) is 3.54. The van der Waals surface area contributed by atoms with Crippen molar-refractivity contribution in [2.75, 3.05) is 13.2 Å². The molecule has 96 valence electrons. The van der Waals surface area contributed by atoms with E-state index in [1.165, 1.54) is 12.8 Å². The van der Waals surface area contributed by atoms with Crippen LogP contribution in [0.1, 0.15) is 44.8 Å². The second-order valence-electron chi connectivity index (χ2n) is 4.85. The first-order chi connectivity index (χ1) is 8.29. The minimum atomic E-state index is 0.472. The van der Waals surface area contributed by atoms with Crippen LogP contribution in [0.5, 0.6) is 0 Å². The third-order valence-corrected chi connectivity index (χ3v) is 3.44. The Kier molecular flexibility index (Phi) is 4.57. The Bertz CT molecular complexity index is 331. The van der Waals surface area contributed by atoms with Gasteiger partial charge in [-0.05, 0) is 38.8 Å². The van der Waals surface area contributed by atoms with Gasteiger partial charge in [-0.1, -0.05) is 6.92 Å². The minimum Gasteiger partial charge on any atom is -0.373 e. The van der Waals surface area contributed by atoms with E-state index in [0.29, 0.717) is 18.7 Å². The topological polar surface area (TPSA) is 39.1 Å². The first-order valence-corrected chi connectivity index (χ1v) is 6.64. The number of rotatable bonds is 6. The summed E-state index contributed by atoms with van der Waals surface area (Å²) in [4.78, 5) is 0. The van der Waals surface area contributed by atoms with Gasteiger partial charge in [-0.25, -0.2) is 0 Å². The van der Waals surface area contributed by atoms with Gasteiger partial charge in [0, 0.05) is 18.3 Å². The van der Waals surface area contributed by atoms with Crippen LogP contribution in [-0.2, 0) is 11.3 Å². The average Bonchev–Trinajstić information content (AvgIpc) is 2.99. The van der Waals surface area contributed by atoms with Crippen molar-refractivity contribution in [2.24, 2.45) is 0 Å². The molecule has 2 atom stereocenters. The van der Waals surface area contributed by atoms with Crippen LogP contribution in [0.15, 0.2) is 12.3 Å². The lowest BCUT2D eigenvalue weighted by molar-refractivity contribution is 0.100. The van der Waals surface area contributed by atoms with Crippen molar-refractivity contribution in [1.29, 1.82) is 0 Å². The Morgan fingerprint density at radius 1 is 1.65 bits per heavy atom. The highest BCUT2D eigenvalue weighted by atomic mass is 16.5. The second kappa shape index (κ2) is 6.17. The van der Waals surface area contributed by atoms with Gasteiger partial charge in [0.25, 0.3) is 0 Å². The molecule has 0 aromatic carbocycles. The smallest absolute Gasteiger partial charge is 0.0907 e. The summed E-state index contributed by atoms with van der Waals surface area (Å²) in [6, 6.07) is 3.07. The van der Waals surface area contributed by atoms with Gasteiger partial charge < -0.3 is 10.1 Å². The summed E-state index contributed by atoms with van der Waals surface area (Å²) in [5.74, 6) is 0. The van der Waals surface area contributed by atoms with Gasteiger partial charge in [-0.15, -0.1) is 0 Å². The molecule has 1 saturated heterocycles. The highest BCUT2D eigenvalue weighted by Gasteiger charge is 2.14. The first-order valence-electron chi connectivity index (χ1n) is 6.64. The zero-order valence-electron chi connectivity index (χ0n) is 10.9. The van der Waals surface area contributed by atoms with Crippen molar-refractivity contribution in [1.82, 2.24) is 15.1 Å². The summed E-state index contributed by atoms with van der Waals surface area (Å²) < 4.78 is 7.71. The molecule has 1 aliphatic heterocycles. The molecular formula is C13H23N3O. The van der Waals surface area contributed by atoms with Gasteiger partial charge in [0.2, 0.25) is 0 Å². The summed E-state index contributed by atoms with van der Waals surface area (Å²) in [5.41, 5.74) is 1.03. The molecule has 0 amide bonds. The summed E-state index contributed by atoms with van der Waals surface area (Å²) >= 11 is 0. The molecule has 2 heterocycles. The van der Waals surface area contributed by atoms with E-state index in [-0.39, 0.29) is 0 Å². The fraction of sp³-hybridized carbons (Fsp3) is 0.769. The molecule has 0 radical (unpaired) electrons. The number of aromatic nitrogens is 2. The average molecular weight is 237 g/mol. The lowest BCUT2D eigenvalue weighted by atomic mass is 10.2. The highest BCUT2D eigenvalue weighted by Crippen LogP contribution is 2.10. The predicted molar refractivity (Wildman–Crippen MR) is 67.9 cm³/mol. The molecule has 17 heavy (non-hydrogen) atoms. The Hall–Kier alpha value is -0.870. The Balaban J connectivity index is 1.73. The monoisotopic (exact) mass is 237 g/mol. The third-order valence-electron chi connectivity index (χ3n) is 3.44. The number of hydrogen-bond donors (Lipinski definition) is 1. The van der Waals surface area contributed by atoms with Crippen LogP contribution < -0.4 is 5.32 Å². The second-order valence-corrected chi connectivity index (χ2v) is 4.85. The van der Waals surface area contributed by atoms with Gasteiger partial charge in [0.1, 0.15) is 0 Å². The SMILES string of the molecule is CCC(C)n1ccc(COCC2CCCN2)n1. The van der Waals surface area contributed by atoms with E-state index in [9.17, 15) is 0 Å². The fourth-order valence-electron chi connectivity index (χ4n) is 2.09. The molecule has 4 nitrogen and oxygen atoms in total. The fourth-order valence-corrected chi connectivity index (χ4v) is 2.09. The van der Waals surface area contributed by atoms with Crippen LogP contribution in [0.4, 0.5) is 0 Å². The molecule has 2 unspecified atom stereocenters. The van der Waals surface area contributed by atoms with Crippen molar-refractivity contribution in [3.05, 3.63) is 18.0 Å². The number of nitrogens with one attached hydrogen (secondary N) is 1. The van der Waals surface area contributed by atoms with E-state index in [4.69, 9.17) is 4.74 Å². The zero-order chi connectivity index (χ0) is 12.1. The van der Waals surface area contributed by atoms with Crippen LogP contribution >= 0.6 is 0 Å². The summed E-state index contributed by atoms with van der Waals surface area (Å²) in [7, 11) is 0. The molecule has 1 N–H and O–H groups in total. The highest BCUT2D eigenvalue weighted by molar-refractivity contribution is 4.98. The van der Waals surface area contributed by atoms with Crippen LogP contribution in [0.3, 0.4) is 0 Å². The molecule has 2 rings (SSSR count). The standard InChI is InChI=1S/C13H23N3O/c1-3-11(2)16-8-6-13(15-16)10-17-9-12-5-4-7-14-12/h6,8,11-12,14H,3-5,7,9-10H2,1-2H3. The van der Waals surface area contributed by atoms with E-state index >= 15 is 0 Å². The normalized spacial score (nSPS) is 21.9. The van der Waals surface area contributed by atoms with Gasteiger partial charge >= 0.3 is 0 Å². The molecule has 0 aliphatic carbocycles. The van der Waals surface area contributed by atoms with Gasteiger partial charge in [-0.2, -0.15) is 5.10 Å². The number of nitrogens with zero attached hydrogens (tertiary/aromatic N) is 2. The van der Waals surface area contributed by atoms with Crippen molar-refractivity contribution in [3.8, 4) is 0 Å². The molecule has 1 aromatic heterocycles. The maximum absolute atomic E-state index is 5.69. The van der Waals surface area contributed by atoms with Gasteiger partial charge in [0.15, 0.2) is 0 Å². The Labute approximate surface area is 103 Å². The predicted octanol–water partition coefficient (Wildman–Crippen LogP) is 2.12. The Morgan fingerprint density at radius 3 is 3.24 bits per heavy atom. The summed E-state index contributed by atoms with van der Waals surface area (Å²) in [6.07, 6.45) is 5.66. The van der Waals surface area contributed by atoms with Crippen molar-refractivity contribution in [2.45, 2.75) is 51.8 Å². The van der Waals surface area contributed by atoms with Crippen LogP contribution in [0.2, 0.25) is 0 Å². The largest absolute Gasteiger partial charge is 0.373 e. The molecule has 4 heteroatoms. The lowest BCUT2D eigenvalue weighted by Gasteiger charge is -2.10. The van der Waals surface area contributed by atoms with E-state index in [1.54, 1.807) is 0 Å². The molecule has 0 saturated carbocycles. The van der Waals surface area contributed by atoms with E-state index in [0.717, 1.165) is 25.3 Å². The minimum absolute atomic E-state index is 0.472. The van der Waals surface area contributed by atoms with Crippen molar-refractivity contribution < 1.29 is 4.74 Å². The van der Waals surface area contributed by atoms with Crippen molar-refractivity contribution >= 4 is 0 Å². The van der Waals surface area contributed by atoms with E-state index < -0.39 is 0 Å². The molecule has 1 fully saturated rings. The van der Waals surface area contributed by atoms with E-state index in [2.05, 4.69) is 24.3 Å². The van der Waals surface area contributed by atoms with Crippen molar-refractivity contribution in [3.63, 3.8) is 0 Å². The van der Waals surface area contributed by atoms with Crippen LogP contribution in [-0.4, -0.2) is 29.0 Å². The maximum Gasteiger partial charge on any atom is 0.0907 e.